The van der Waals surface area contributed by atoms with Crippen LogP contribution in [0, 0.1) is 6.92 Å². The summed E-state index contributed by atoms with van der Waals surface area (Å²) in [6, 6.07) is 5.11. The van der Waals surface area contributed by atoms with E-state index in [1.165, 1.54) is 7.11 Å². The molecule has 0 aliphatic carbocycles. The lowest BCUT2D eigenvalue weighted by Crippen LogP contribution is -2.12. The number of amidine groups is 1. The summed E-state index contributed by atoms with van der Waals surface area (Å²) in [6.45, 7) is 1.90. The van der Waals surface area contributed by atoms with Gasteiger partial charge >= 0.3 is 0 Å². The molecule has 4 nitrogen and oxygen atoms in total. The summed E-state index contributed by atoms with van der Waals surface area (Å²) in [4.78, 5) is 3.86. The Kier molecular flexibility index (Phi) is 2.74. The van der Waals surface area contributed by atoms with Crippen molar-refractivity contribution < 1.29 is 9.84 Å². The number of ether oxygens (including phenoxy) is 1. The van der Waals surface area contributed by atoms with Gasteiger partial charge in [0.1, 0.15) is 11.4 Å². The highest BCUT2D eigenvalue weighted by Gasteiger charge is 2.00. The summed E-state index contributed by atoms with van der Waals surface area (Å²) in [6.07, 6.45) is 0. The number of aryl methyl sites for hydroxylation is 1. The van der Waals surface area contributed by atoms with Gasteiger partial charge in [0.2, 0.25) is 0 Å². The van der Waals surface area contributed by atoms with Crippen LogP contribution in [0.2, 0.25) is 0 Å². The molecule has 0 aliphatic rings. The van der Waals surface area contributed by atoms with Crippen LogP contribution in [-0.4, -0.2) is 18.2 Å². The molecule has 0 fully saturated rings. The molecule has 0 bridgehead atoms. The van der Waals surface area contributed by atoms with Crippen LogP contribution in [0.1, 0.15) is 5.56 Å². The number of nitrogens with zero attached hydrogens (tertiary/aromatic N) is 1. The minimum absolute atomic E-state index is 0.0286. The molecule has 0 spiro atoms. The molecule has 0 saturated heterocycles. The van der Waals surface area contributed by atoms with Gasteiger partial charge in [0.15, 0.2) is 0 Å². The van der Waals surface area contributed by atoms with Crippen molar-refractivity contribution in [3.63, 3.8) is 0 Å². The zero-order valence-corrected chi connectivity index (χ0v) is 7.61. The predicted octanol–water partition coefficient (Wildman–Crippen LogP) is 1.29. The second kappa shape index (κ2) is 3.80. The number of aromatic hydroxyl groups is 1. The number of methoxy groups -OCH3 is 1. The van der Waals surface area contributed by atoms with Crippen LogP contribution in [0.25, 0.3) is 0 Å². The lowest BCUT2D eigenvalue weighted by atomic mass is 10.2. The number of hydrogen-bond donors (Lipinski definition) is 2. The van der Waals surface area contributed by atoms with Crippen LogP contribution < -0.4 is 5.73 Å². The SMILES string of the molecule is COC(N)=Nc1cc(C)ccc1O. The number of rotatable bonds is 1. The Morgan fingerprint density at radius 2 is 2.23 bits per heavy atom. The van der Waals surface area contributed by atoms with E-state index in [4.69, 9.17) is 5.73 Å². The molecular weight excluding hydrogens is 168 g/mol. The van der Waals surface area contributed by atoms with E-state index in [2.05, 4.69) is 9.73 Å². The topological polar surface area (TPSA) is 67.8 Å². The smallest absolute Gasteiger partial charge is 0.287 e. The van der Waals surface area contributed by atoms with Crippen LogP contribution in [-0.2, 0) is 4.74 Å². The highest BCUT2D eigenvalue weighted by molar-refractivity contribution is 5.76. The highest BCUT2D eigenvalue weighted by atomic mass is 16.5. The van der Waals surface area contributed by atoms with Crippen molar-refractivity contribution >= 4 is 11.7 Å². The van der Waals surface area contributed by atoms with E-state index in [0.29, 0.717) is 5.69 Å². The zero-order valence-electron chi connectivity index (χ0n) is 7.61. The molecule has 0 unspecified atom stereocenters. The average Bonchev–Trinajstić information content (AvgIpc) is 2.11. The number of hydrogen-bond acceptors (Lipinski definition) is 3. The molecule has 0 aromatic heterocycles. The fraction of sp³-hybridized carbons (Fsp3) is 0.222. The number of nitrogens with two attached hydrogens (primary N) is 1. The molecule has 3 N–H and O–H groups in total. The Hall–Kier alpha value is -1.71. The Morgan fingerprint density at radius 1 is 1.54 bits per heavy atom. The van der Waals surface area contributed by atoms with Gasteiger partial charge in [0.25, 0.3) is 6.02 Å². The number of phenols is 1. The first-order valence-corrected chi connectivity index (χ1v) is 3.81. The van der Waals surface area contributed by atoms with E-state index in [-0.39, 0.29) is 11.8 Å². The molecule has 1 aromatic rings. The van der Waals surface area contributed by atoms with E-state index in [0.717, 1.165) is 5.56 Å². The fourth-order valence-electron chi connectivity index (χ4n) is 0.887. The standard InChI is InChI=1S/C9H12N2O2/c1-6-3-4-8(12)7(5-6)11-9(10)13-2/h3-5,12H,1-2H3,(H2,10,11). The maximum atomic E-state index is 9.36. The third-order valence-electron chi connectivity index (χ3n) is 1.57. The molecule has 1 aromatic carbocycles. The van der Waals surface area contributed by atoms with Crippen molar-refractivity contribution in [1.82, 2.24) is 0 Å². The van der Waals surface area contributed by atoms with Gasteiger partial charge in [-0.15, -0.1) is 0 Å². The quantitative estimate of drug-likeness (QED) is 0.505. The summed E-state index contributed by atoms with van der Waals surface area (Å²) in [5.74, 6) is 0.0885. The average molecular weight is 180 g/mol. The largest absolute Gasteiger partial charge is 0.506 e. The van der Waals surface area contributed by atoms with Gasteiger partial charge in [0.05, 0.1) is 7.11 Å². The van der Waals surface area contributed by atoms with Crippen molar-refractivity contribution in [3.05, 3.63) is 23.8 Å². The lowest BCUT2D eigenvalue weighted by Gasteiger charge is -2.01. The van der Waals surface area contributed by atoms with Gasteiger partial charge in [-0.1, -0.05) is 6.07 Å². The van der Waals surface area contributed by atoms with Crippen LogP contribution in [0.4, 0.5) is 5.69 Å². The summed E-state index contributed by atoms with van der Waals surface area (Å²) in [5.41, 5.74) is 6.76. The summed E-state index contributed by atoms with van der Waals surface area (Å²) < 4.78 is 4.67. The van der Waals surface area contributed by atoms with E-state index in [1.807, 2.05) is 6.92 Å². The Bertz CT molecular complexity index is 334. The second-order valence-electron chi connectivity index (χ2n) is 2.65. The first kappa shape index (κ1) is 9.38. The molecule has 0 aliphatic heterocycles. The van der Waals surface area contributed by atoms with Crippen molar-refractivity contribution in [3.8, 4) is 5.75 Å². The van der Waals surface area contributed by atoms with Crippen molar-refractivity contribution in [2.75, 3.05) is 7.11 Å². The molecular formula is C9H12N2O2. The Morgan fingerprint density at radius 3 is 2.85 bits per heavy atom. The lowest BCUT2D eigenvalue weighted by molar-refractivity contribution is 0.396. The third-order valence-corrected chi connectivity index (χ3v) is 1.57. The first-order chi connectivity index (χ1) is 6.13. The van der Waals surface area contributed by atoms with Gasteiger partial charge in [-0.05, 0) is 24.6 Å². The summed E-state index contributed by atoms with van der Waals surface area (Å²) in [5, 5.41) is 9.36. The number of benzene rings is 1. The van der Waals surface area contributed by atoms with Crippen molar-refractivity contribution in [2.24, 2.45) is 10.7 Å². The monoisotopic (exact) mass is 180 g/mol. The molecule has 4 heteroatoms. The van der Waals surface area contributed by atoms with E-state index >= 15 is 0 Å². The maximum Gasteiger partial charge on any atom is 0.287 e. The predicted molar refractivity (Wildman–Crippen MR) is 51.1 cm³/mol. The molecule has 13 heavy (non-hydrogen) atoms. The zero-order chi connectivity index (χ0) is 9.84. The maximum absolute atomic E-state index is 9.36. The Labute approximate surface area is 76.7 Å². The first-order valence-electron chi connectivity index (χ1n) is 3.81. The number of phenolic OH excluding ortho intramolecular Hbond substituents is 1. The van der Waals surface area contributed by atoms with E-state index in [1.54, 1.807) is 18.2 Å². The Balaban J connectivity index is 3.07. The van der Waals surface area contributed by atoms with Crippen LogP contribution in [0.15, 0.2) is 23.2 Å². The molecule has 0 saturated carbocycles. The van der Waals surface area contributed by atoms with Gasteiger partial charge < -0.3 is 15.6 Å². The second-order valence-corrected chi connectivity index (χ2v) is 2.65. The van der Waals surface area contributed by atoms with Crippen LogP contribution in [0.3, 0.4) is 0 Å². The van der Waals surface area contributed by atoms with E-state index in [9.17, 15) is 5.11 Å². The fourth-order valence-corrected chi connectivity index (χ4v) is 0.887. The molecule has 0 radical (unpaired) electrons. The molecule has 0 heterocycles. The molecule has 70 valence electrons. The van der Waals surface area contributed by atoms with Gasteiger partial charge in [-0.25, -0.2) is 0 Å². The minimum Gasteiger partial charge on any atom is -0.506 e. The molecule has 0 atom stereocenters. The molecule has 1 rings (SSSR count). The van der Waals surface area contributed by atoms with Crippen molar-refractivity contribution in [1.29, 1.82) is 0 Å². The van der Waals surface area contributed by atoms with Gasteiger partial charge in [0, 0.05) is 0 Å². The van der Waals surface area contributed by atoms with Gasteiger partial charge in [-0.2, -0.15) is 4.99 Å². The van der Waals surface area contributed by atoms with E-state index < -0.39 is 0 Å². The van der Waals surface area contributed by atoms with Gasteiger partial charge in [-0.3, -0.25) is 0 Å². The van der Waals surface area contributed by atoms with Crippen LogP contribution >= 0.6 is 0 Å². The summed E-state index contributed by atoms with van der Waals surface area (Å²) >= 11 is 0. The minimum atomic E-state index is 0.0286. The normalized spacial score (nSPS) is 11.4. The van der Waals surface area contributed by atoms with Crippen LogP contribution in [0.5, 0.6) is 5.75 Å². The molecule has 0 amide bonds. The van der Waals surface area contributed by atoms with Crippen molar-refractivity contribution in [2.45, 2.75) is 6.92 Å². The number of aliphatic imine (C=N–C) groups is 1. The highest BCUT2D eigenvalue weighted by Crippen LogP contribution is 2.26. The summed E-state index contributed by atoms with van der Waals surface area (Å²) in [7, 11) is 1.42. The third kappa shape index (κ3) is 2.37.